The average molecular weight is 620 g/mol. The van der Waals surface area contributed by atoms with Gasteiger partial charge in [0, 0.05) is 18.2 Å². The van der Waals surface area contributed by atoms with Crippen molar-refractivity contribution in [2.24, 2.45) is 0 Å². The summed E-state index contributed by atoms with van der Waals surface area (Å²) >= 11 is 2.98. The van der Waals surface area contributed by atoms with Crippen LogP contribution in [0.25, 0.3) is 11.1 Å². The summed E-state index contributed by atoms with van der Waals surface area (Å²) in [5.41, 5.74) is -2.56. The summed E-state index contributed by atoms with van der Waals surface area (Å²) < 4.78 is 13.8. The first kappa shape index (κ1) is 31.0. The van der Waals surface area contributed by atoms with Gasteiger partial charge in [0.2, 0.25) is 0 Å². The molecular weight excluding hydrogens is 602 g/mol. The molecule has 0 amide bonds. The van der Waals surface area contributed by atoms with Crippen LogP contribution in [0.5, 0.6) is 0 Å². The Morgan fingerprint density at radius 1 is 0.575 bits per heavy atom. The fraction of sp³-hybridized carbons (Fsp3) is 0.125. The van der Waals surface area contributed by atoms with Gasteiger partial charge in [0.25, 0.3) is 17.1 Å². The molecule has 15 nitrogen and oxygen atoms in total. The molecule has 0 aliphatic rings. The van der Waals surface area contributed by atoms with Crippen LogP contribution in [-0.2, 0) is 14.2 Å². The van der Waals surface area contributed by atoms with Gasteiger partial charge in [-0.05, 0) is 34.1 Å². The first-order valence-electron chi connectivity index (χ1n) is 10.6. The predicted octanol–water partition coefficient (Wildman–Crippen LogP) is 4.89. The summed E-state index contributed by atoms with van der Waals surface area (Å²) in [5, 5.41) is 33.4. The third-order valence-electron chi connectivity index (χ3n) is 5.12. The number of hydrogen-bond donors (Lipinski definition) is 0. The Labute approximate surface area is 232 Å². The smallest absolute Gasteiger partial charge is 0.339 e. The highest BCUT2D eigenvalue weighted by Gasteiger charge is 2.33. The van der Waals surface area contributed by atoms with Crippen molar-refractivity contribution in [1.82, 2.24) is 0 Å². The lowest BCUT2D eigenvalue weighted by Crippen LogP contribution is -2.11. The normalized spacial score (nSPS) is 9.90. The maximum absolute atomic E-state index is 12.1. The van der Waals surface area contributed by atoms with Gasteiger partial charge in [-0.15, -0.1) is 0 Å². The van der Waals surface area contributed by atoms with Crippen molar-refractivity contribution >= 4 is 50.9 Å². The zero-order valence-electron chi connectivity index (χ0n) is 20.8. The van der Waals surface area contributed by atoms with Crippen molar-refractivity contribution in [2.75, 3.05) is 21.3 Å². The number of nitro groups is 3. The minimum absolute atomic E-state index is 0.136. The predicted molar refractivity (Wildman–Crippen MR) is 140 cm³/mol. The van der Waals surface area contributed by atoms with E-state index in [1.807, 2.05) is 0 Å². The highest BCUT2D eigenvalue weighted by Crippen LogP contribution is 2.41. The lowest BCUT2D eigenvalue weighted by Gasteiger charge is -2.12. The van der Waals surface area contributed by atoms with Crippen LogP contribution in [0.2, 0.25) is 0 Å². The lowest BCUT2D eigenvalue weighted by atomic mass is 9.92. The monoisotopic (exact) mass is 619 g/mol. The molecule has 0 heterocycles. The van der Waals surface area contributed by atoms with Gasteiger partial charge in [-0.1, -0.05) is 18.2 Å². The van der Waals surface area contributed by atoms with Crippen LogP contribution in [0.4, 0.5) is 17.1 Å². The third kappa shape index (κ3) is 6.60. The van der Waals surface area contributed by atoms with Crippen molar-refractivity contribution in [3.8, 4) is 11.1 Å². The molecule has 40 heavy (non-hydrogen) atoms. The molecule has 208 valence electrons. The quantitative estimate of drug-likeness (QED) is 0.150. The summed E-state index contributed by atoms with van der Waals surface area (Å²) in [6.07, 6.45) is 0. The van der Waals surface area contributed by atoms with Crippen LogP contribution < -0.4 is 0 Å². The van der Waals surface area contributed by atoms with E-state index in [-0.39, 0.29) is 26.9 Å². The van der Waals surface area contributed by atoms with E-state index in [2.05, 4.69) is 30.1 Å². The first-order valence-corrected chi connectivity index (χ1v) is 11.4. The average Bonchev–Trinajstić information content (AvgIpc) is 2.95. The zero-order chi connectivity index (χ0) is 30.1. The van der Waals surface area contributed by atoms with Gasteiger partial charge in [0.1, 0.15) is 4.47 Å². The van der Waals surface area contributed by atoms with Gasteiger partial charge in [-0.3, -0.25) is 30.3 Å². The van der Waals surface area contributed by atoms with Crippen LogP contribution in [0.1, 0.15) is 31.1 Å². The Bertz CT molecular complexity index is 1450. The summed E-state index contributed by atoms with van der Waals surface area (Å²) in [7, 11) is 3.34. The molecular formula is C24H18BrN3O12. The SMILES string of the molecule is COC(=O)c1cccc([N+](=O)[O-])c1-c1c(C(=O)OC)cccc1[N+](=O)[O-].COC(=O)c1cccc([N+](=O)[O-])c1Br. The largest absolute Gasteiger partial charge is 0.465 e. The number of carbonyl (C=O) groups excluding carboxylic acids is 3. The van der Waals surface area contributed by atoms with E-state index in [0.717, 1.165) is 26.4 Å². The Hall–Kier alpha value is -5.25. The molecule has 3 rings (SSSR count). The molecule has 3 aromatic rings. The molecule has 0 atom stereocenters. The number of carbonyl (C=O) groups is 3. The lowest BCUT2D eigenvalue weighted by molar-refractivity contribution is -0.386. The van der Waals surface area contributed by atoms with Crippen molar-refractivity contribution in [3.63, 3.8) is 0 Å². The van der Waals surface area contributed by atoms with Gasteiger partial charge in [-0.2, -0.15) is 0 Å². The van der Waals surface area contributed by atoms with Crippen LogP contribution in [0.3, 0.4) is 0 Å². The highest BCUT2D eigenvalue weighted by molar-refractivity contribution is 9.10. The highest BCUT2D eigenvalue weighted by atomic mass is 79.9. The second-order valence-electron chi connectivity index (χ2n) is 7.28. The van der Waals surface area contributed by atoms with E-state index >= 15 is 0 Å². The number of nitrogens with zero attached hydrogens (tertiary/aromatic N) is 3. The molecule has 0 radical (unpaired) electrons. The van der Waals surface area contributed by atoms with E-state index in [9.17, 15) is 44.7 Å². The molecule has 0 aromatic heterocycles. The summed E-state index contributed by atoms with van der Waals surface area (Å²) in [5.74, 6) is -2.50. The zero-order valence-corrected chi connectivity index (χ0v) is 22.4. The number of halogens is 1. The fourth-order valence-corrected chi connectivity index (χ4v) is 3.97. The van der Waals surface area contributed by atoms with E-state index in [4.69, 9.17) is 0 Å². The van der Waals surface area contributed by atoms with E-state index < -0.39 is 55.2 Å². The van der Waals surface area contributed by atoms with Crippen molar-refractivity contribution in [1.29, 1.82) is 0 Å². The summed E-state index contributed by atoms with van der Waals surface area (Å²) in [6, 6.07) is 11.2. The minimum atomic E-state index is -0.947. The number of methoxy groups -OCH3 is 3. The molecule has 0 aliphatic carbocycles. The molecule has 0 N–H and O–H groups in total. The molecule has 0 bridgehead atoms. The van der Waals surface area contributed by atoms with Gasteiger partial charge in [-0.25, -0.2) is 14.4 Å². The minimum Gasteiger partial charge on any atom is -0.465 e. The Kier molecular flexibility index (Phi) is 10.5. The number of benzene rings is 3. The molecule has 0 spiro atoms. The van der Waals surface area contributed by atoms with Gasteiger partial charge in [0.15, 0.2) is 0 Å². The van der Waals surface area contributed by atoms with Crippen LogP contribution in [0.15, 0.2) is 59.1 Å². The molecule has 3 aromatic carbocycles. The third-order valence-corrected chi connectivity index (χ3v) is 5.95. The van der Waals surface area contributed by atoms with E-state index in [1.54, 1.807) is 0 Å². The standard InChI is InChI=1S/C16H12N2O8.C8H6BrNO4/c1-25-15(19)9-5-3-7-11(17(21)22)13(9)14-10(16(20)26-2)6-4-8-12(14)18(23)24;1-14-8(11)5-3-2-4-6(7(5)9)10(12)13/h3-8H,1-2H3;2-4H,1H3. The topological polar surface area (TPSA) is 208 Å². The molecule has 0 aliphatic heterocycles. The summed E-state index contributed by atoms with van der Waals surface area (Å²) in [4.78, 5) is 66.5. The molecule has 16 heteroatoms. The van der Waals surface area contributed by atoms with Gasteiger partial charge < -0.3 is 14.2 Å². The first-order chi connectivity index (χ1) is 18.9. The maximum atomic E-state index is 12.1. The Morgan fingerprint density at radius 3 is 1.20 bits per heavy atom. The van der Waals surface area contributed by atoms with Crippen LogP contribution >= 0.6 is 15.9 Å². The number of hydrogen-bond acceptors (Lipinski definition) is 12. The second kappa shape index (κ2) is 13.5. The van der Waals surface area contributed by atoms with Crippen LogP contribution in [0, 0.1) is 30.3 Å². The number of nitro benzene ring substituents is 3. The molecule has 0 unspecified atom stereocenters. The van der Waals surface area contributed by atoms with Crippen LogP contribution in [-0.4, -0.2) is 54.0 Å². The molecule has 0 saturated carbocycles. The molecule has 0 saturated heterocycles. The molecule has 0 fully saturated rings. The van der Waals surface area contributed by atoms with Crippen molar-refractivity contribution < 1.29 is 43.4 Å². The van der Waals surface area contributed by atoms with Gasteiger partial charge >= 0.3 is 17.9 Å². The summed E-state index contributed by atoms with van der Waals surface area (Å²) in [6.45, 7) is 0. The van der Waals surface area contributed by atoms with E-state index in [0.29, 0.717) is 0 Å². The Morgan fingerprint density at radius 2 is 0.875 bits per heavy atom. The number of ether oxygens (including phenoxy) is 3. The maximum Gasteiger partial charge on any atom is 0.339 e. The van der Waals surface area contributed by atoms with Crippen molar-refractivity contribution in [3.05, 3.63) is 106 Å². The van der Waals surface area contributed by atoms with Gasteiger partial charge in [0.05, 0.1) is 63.9 Å². The fourth-order valence-electron chi connectivity index (χ4n) is 3.40. The van der Waals surface area contributed by atoms with Crippen molar-refractivity contribution in [2.45, 2.75) is 0 Å². The number of esters is 3. The number of rotatable bonds is 7. The second-order valence-corrected chi connectivity index (χ2v) is 8.08. The Balaban J connectivity index is 0.000000337. The van der Waals surface area contributed by atoms with E-state index in [1.165, 1.54) is 49.6 Å².